The van der Waals surface area contributed by atoms with Crippen LogP contribution in [0.3, 0.4) is 0 Å². The Balaban J connectivity index is 2.45. The monoisotopic (exact) mass is 192 g/mol. The van der Waals surface area contributed by atoms with Gasteiger partial charge in [-0.1, -0.05) is 12.2 Å². The van der Waals surface area contributed by atoms with Crippen LogP contribution >= 0.6 is 0 Å². The fraction of sp³-hybridized carbons (Fsp3) is 0.100. The van der Waals surface area contributed by atoms with Crippen molar-refractivity contribution < 1.29 is 19.7 Å². The molecule has 1 N–H and O–H groups in total. The summed E-state index contributed by atoms with van der Waals surface area (Å²) in [5.41, 5.74) is 0.946. The zero-order chi connectivity index (χ0) is 9.97. The van der Waals surface area contributed by atoms with E-state index in [0.29, 0.717) is 17.9 Å². The maximum atomic E-state index is 10.7. The highest BCUT2D eigenvalue weighted by Crippen LogP contribution is 2.23. The van der Waals surface area contributed by atoms with E-state index in [1.165, 1.54) is 6.07 Å². The molecular formula is C10H8O4. The Morgan fingerprint density at radius 2 is 2.29 bits per heavy atom. The van der Waals surface area contributed by atoms with Crippen molar-refractivity contribution in [2.45, 2.75) is 0 Å². The molecule has 0 saturated carbocycles. The highest BCUT2D eigenvalue weighted by Gasteiger charge is 2.09. The lowest BCUT2D eigenvalue weighted by Crippen LogP contribution is -1.99. The molecule has 0 saturated heterocycles. The number of hydrogen-bond acceptors (Lipinski definition) is 3. The highest BCUT2D eigenvalue weighted by molar-refractivity contribution is 5.88. The van der Waals surface area contributed by atoms with E-state index in [4.69, 9.17) is 14.9 Å². The van der Waals surface area contributed by atoms with Gasteiger partial charge < -0.3 is 9.99 Å². The maximum absolute atomic E-state index is 10.7. The van der Waals surface area contributed by atoms with Gasteiger partial charge in [0.25, 0.3) is 0 Å². The Morgan fingerprint density at radius 3 is 3.07 bits per heavy atom. The largest absolute Gasteiger partial charge is 0.478 e. The number of carboxylic acids is 1. The predicted molar refractivity (Wildman–Crippen MR) is 49.0 cm³/mol. The molecule has 14 heavy (non-hydrogen) atoms. The topological polar surface area (TPSA) is 55.8 Å². The summed E-state index contributed by atoms with van der Waals surface area (Å²) in [6, 6.07) is 4.60. The molecule has 0 bridgehead atoms. The van der Waals surface area contributed by atoms with E-state index in [1.54, 1.807) is 24.3 Å². The smallest absolute Gasteiger partial charge is 0.335 e. The minimum absolute atomic E-state index is 0.235. The molecule has 4 heteroatoms. The van der Waals surface area contributed by atoms with E-state index in [9.17, 15) is 4.79 Å². The summed E-state index contributed by atoms with van der Waals surface area (Å²) >= 11 is 0. The van der Waals surface area contributed by atoms with Gasteiger partial charge in [-0.05, 0) is 18.2 Å². The zero-order valence-corrected chi connectivity index (χ0v) is 7.27. The quantitative estimate of drug-likeness (QED) is 0.688. The van der Waals surface area contributed by atoms with Crippen molar-refractivity contribution >= 4 is 12.0 Å². The van der Waals surface area contributed by atoms with Crippen molar-refractivity contribution in [1.29, 1.82) is 0 Å². The Kier molecular flexibility index (Phi) is 2.20. The van der Waals surface area contributed by atoms with Crippen molar-refractivity contribution in [2.24, 2.45) is 0 Å². The van der Waals surface area contributed by atoms with Crippen LogP contribution in [0, 0.1) is 0 Å². The first-order valence-electron chi connectivity index (χ1n) is 4.11. The molecule has 0 spiro atoms. The second-order valence-corrected chi connectivity index (χ2v) is 2.83. The number of rotatable bonds is 1. The molecule has 0 amide bonds. The summed E-state index contributed by atoms with van der Waals surface area (Å²) in [7, 11) is 0. The number of fused-ring (bicyclic) bond motifs is 1. The van der Waals surface area contributed by atoms with Crippen LogP contribution in [0.15, 0.2) is 24.3 Å². The lowest BCUT2D eigenvalue weighted by Gasteiger charge is -2.04. The Morgan fingerprint density at radius 1 is 1.43 bits per heavy atom. The lowest BCUT2D eigenvalue weighted by atomic mass is 10.1. The predicted octanol–water partition coefficient (Wildman–Crippen LogP) is 1.72. The lowest BCUT2D eigenvalue weighted by molar-refractivity contribution is -0.194. The van der Waals surface area contributed by atoms with Crippen molar-refractivity contribution in [3.63, 3.8) is 0 Å². The van der Waals surface area contributed by atoms with Gasteiger partial charge in [-0.3, -0.25) is 0 Å². The summed E-state index contributed by atoms with van der Waals surface area (Å²) in [4.78, 5) is 20.4. The third kappa shape index (κ3) is 1.60. The van der Waals surface area contributed by atoms with Crippen molar-refractivity contribution in [1.82, 2.24) is 0 Å². The molecule has 4 nitrogen and oxygen atoms in total. The Hall–Kier alpha value is -1.81. The van der Waals surface area contributed by atoms with Gasteiger partial charge in [0, 0.05) is 5.56 Å². The van der Waals surface area contributed by atoms with Gasteiger partial charge in [-0.15, -0.1) is 0 Å². The van der Waals surface area contributed by atoms with E-state index < -0.39 is 5.97 Å². The maximum Gasteiger partial charge on any atom is 0.335 e. The van der Waals surface area contributed by atoms with Crippen molar-refractivity contribution in [2.75, 3.05) is 6.61 Å². The first-order valence-corrected chi connectivity index (χ1v) is 4.11. The normalized spacial score (nSPS) is 14.0. The number of benzene rings is 1. The number of hydrogen-bond donors (Lipinski definition) is 1. The van der Waals surface area contributed by atoms with Crippen LogP contribution in [0.2, 0.25) is 0 Å². The van der Waals surface area contributed by atoms with Gasteiger partial charge in [-0.2, -0.15) is 4.89 Å². The van der Waals surface area contributed by atoms with Crippen LogP contribution in [-0.2, 0) is 4.89 Å². The molecule has 1 aromatic carbocycles. The summed E-state index contributed by atoms with van der Waals surface area (Å²) in [5, 5.41) is 8.76. The van der Waals surface area contributed by atoms with E-state index in [1.807, 2.05) is 0 Å². The van der Waals surface area contributed by atoms with Crippen LogP contribution < -0.4 is 4.89 Å². The van der Waals surface area contributed by atoms with Gasteiger partial charge in [0.15, 0.2) is 5.75 Å². The number of carbonyl (C=O) groups is 1. The van der Waals surface area contributed by atoms with Crippen LogP contribution in [0.25, 0.3) is 6.08 Å². The summed E-state index contributed by atoms with van der Waals surface area (Å²) in [6.07, 6.45) is 3.53. The van der Waals surface area contributed by atoms with Crippen LogP contribution in [-0.4, -0.2) is 17.7 Å². The van der Waals surface area contributed by atoms with Gasteiger partial charge in [0.2, 0.25) is 0 Å². The Bertz CT molecular complexity index is 395. The number of carboxylic acid groups (broad SMARTS) is 1. The SMILES string of the molecule is O=C(O)c1ccc2c(c1)C=CCOO2. The molecule has 0 aromatic heterocycles. The van der Waals surface area contributed by atoms with E-state index >= 15 is 0 Å². The molecule has 2 rings (SSSR count). The first kappa shape index (κ1) is 8.77. The van der Waals surface area contributed by atoms with Crippen LogP contribution in [0.4, 0.5) is 0 Å². The highest BCUT2D eigenvalue weighted by atomic mass is 17.2. The van der Waals surface area contributed by atoms with Gasteiger partial charge >= 0.3 is 5.97 Å². The molecule has 1 heterocycles. The average Bonchev–Trinajstić information content (AvgIpc) is 2.41. The Labute approximate surface area is 80.3 Å². The van der Waals surface area contributed by atoms with E-state index in [0.717, 1.165) is 0 Å². The average molecular weight is 192 g/mol. The fourth-order valence-corrected chi connectivity index (χ4v) is 1.20. The summed E-state index contributed by atoms with van der Waals surface area (Å²) in [6.45, 7) is 0.358. The molecule has 0 unspecified atom stereocenters. The molecule has 0 atom stereocenters. The molecule has 72 valence electrons. The van der Waals surface area contributed by atoms with Crippen molar-refractivity contribution in [3.05, 3.63) is 35.4 Å². The van der Waals surface area contributed by atoms with Crippen LogP contribution in [0.5, 0.6) is 5.75 Å². The molecule has 1 aliphatic heterocycles. The summed E-state index contributed by atoms with van der Waals surface area (Å²) in [5.74, 6) is -0.421. The minimum atomic E-state index is -0.952. The molecule has 1 aromatic rings. The third-order valence-electron chi connectivity index (χ3n) is 1.87. The molecule has 0 fully saturated rings. The molecular weight excluding hydrogens is 184 g/mol. The van der Waals surface area contributed by atoms with Crippen molar-refractivity contribution in [3.8, 4) is 5.75 Å². The van der Waals surface area contributed by atoms with E-state index in [2.05, 4.69) is 0 Å². The molecule has 1 aliphatic rings. The van der Waals surface area contributed by atoms with Gasteiger partial charge in [0.1, 0.15) is 6.61 Å². The fourth-order valence-electron chi connectivity index (χ4n) is 1.20. The third-order valence-corrected chi connectivity index (χ3v) is 1.87. The summed E-state index contributed by atoms with van der Waals surface area (Å²) < 4.78 is 0. The second kappa shape index (κ2) is 3.51. The molecule has 0 aliphatic carbocycles. The zero-order valence-electron chi connectivity index (χ0n) is 7.27. The molecule has 0 radical (unpaired) electrons. The standard InChI is InChI=1S/C10H8O4/c11-10(12)8-3-4-9-7(6-8)2-1-5-13-14-9/h1-4,6H,5H2,(H,11,12). The van der Waals surface area contributed by atoms with Gasteiger partial charge in [0.05, 0.1) is 5.56 Å². The van der Waals surface area contributed by atoms with Gasteiger partial charge in [-0.25, -0.2) is 4.79 Å². The second-order valence-electron chi connectivity index (χ2n) is 2.83. The number of aromatic carboxylic acids is 1. The van der Waals surface area contributed by atoms with E-state index in [-0.39, 0.29) is 5.56 Å². The minimum Gasteiger partial charge on any atom is -0.478 e. The first-order chi connectivity index (χ1) is 6.77. The van der Waals surface area contributed by atoms with Crippen LogP contribution in [0.1, 0.15) is 15.9 Å².